The Bertz CT molecular complexity index is 854. The molecule has 2 aromatic heterocycles. The Morgan fingerprint density at radius 2 is 2.27 bits per heavy atom. The molecule has 5 nitrogen and oxygen atoms in total. The van der Waals surface area contributed by atoms with Crippen molar-refractivity contribution in [3.05, 3.63) is 28.2 Å². The maximum atomic E-state index is 12.8. The highest BCUT2D eigenvalue weighted by Gasteiger charge is 2.41. The van der Waals surface area contributed by atoms with E-state index in [2.05, 4.69) is 9.97 Å². The molecule has 0 amide bonds. The second-order valence-corrected chi connectivity index (χ2v) is 7.00. The Morgan fingerprint density at radius 1 is 1.41 bits per heavy atom. The highest BCUT2D eigenvalue weighted by atomic mass is 32.2. The van der Waals surface area contributed by atoms with Gasteiger partial charge in [-0.25, -0.2) is 9.97 Å². The third kappa shape index (κ3) is 1.96. The van der Waals surface area contributed by atoms with Gasteiger partial charge in [0, 0.05) is 17.6 Å². The third-order valence-electron chi connectivity index (χ3n) is 5.09. The van der Waals surface area contributed by atoms with Gasteiger partial charge in [-0.2, -0.15) is 5.26 Å². The molecule has 0 radical (unpaired) electrons. The van der Waals surface area contributed by atoms with Gasteiger partial charge in [0.15, 0.2) is 5.16 Å². The zero-order valence-corrected chi connectivity index (χ0v) is 13.1. The molecule has 2 saturated carbocycles. The molecule has 22 heavy (non-hydrogen) atoms. The SMILES string of the molecule is CSc1ncc2cc(C#N)c(=O)n([C@H]3C[C@@H]4CC[C@H]3C4)c2n1. The van der Waals surface area contributed by atoms with Gasteiger partial charge >= 0.3 is 0 Å². The second kappa shape index (κ2) is 5.10. The van der Waals surface area contributed by atoms with Crippen molar-refractivity contribution in [2.45, 2.75) is 36.9 Å². The molecule has 0 saturated heterocycles. The van der Waals surface area contributed by atoms with Gasteiger partial charge in [-0.05, 0) is 43.4 Å². The summed E-state index contributed by atoms with van der Waals surface area (Å²) >= 11 is 1.46. The fourth-order valence-electron chi connectivity index (χ4n) is 4.12. The minimum Gasteiger partial charge on any atom is -0.288 e. The Morgan fingerprint density at radius 3 is 2.91 bits per heavy atom. The van der Waals surface area contributed by atoms with Crippen LogP contribution >= 0.6 is 11.8 Å². The van der Waals surface area contributed by atoms with E-state index in [1.807, 2.05) is 12.3 Å². The van der Waals surface area contributed by atoms with Crippen LogP contribution in [0.3, 0.4) is 0 Å². The summed E-state index contributed by atoms with van der Waals surface area (Å²) in [5.74, 6) is 1.28. The first-order valence-electron chi connectivity index (χ1n) is 7.57. The molecule has 6 heteroatoms. The summed E-state index contributed by atoms with van der Waals surface area (Å²) in [7, 11) is 0. The predicted molar refractivity (Wildman–Crippen MR) is 84.8 cm³/mol. The molecule has 2 bridgehead atoms. The maximum Gasteiger partial charge on any atom is 0.270 e. The van der Waals surface area contributed by atoms with E-state index in [1.165, 1.54) is 31.0 Å². The Labute approximate surface area is 132 Å². The van der Waals surface area contributed by atoms with Crippen molar-refractivity contribution < 1.29 is 0 Å². The molecule has 4 rings (SSSR count). The highest BCUT2D eigenvalue weighted by molar-refractivity contribution is 7.98. The highest BCUT2D eigenvalue weighted by Crippen LogP contribution is 2.50. The van der Waals surface area contributed by atoms with Crippen LogP contribution in [0.4, 0.5) is 0 Å². The fourth-order valence-corrected chi connectivity index (χ4v) is 4.45. The lowest BCUT2D eigenvalue weighted by atomic mass is 9.94. The lowest BCUT2D eigenvalue weighted by Gasteiger charge is -2.25. The van der Waals surface area contributed by atoms with E-state index >= 15 is 0 Å². The first-order valence-corrected chi connectivity index (χ1v) is 8.80. The quantitative estimate of drug-likeness (QED) is 0.630. The number of pyridine rings is 1. The van der Waals surface area contributed by atoms with E-state index in [4.69, 9.17) is 0 Å². The zero-order chi connectivity index (χ0) is 15.3. The monoisotopic (exact) mass is 312 g/mol. The first kappa shape index (κ1) is 13.8. The molecule has 112 valence electrons. The Balaban J connectivity index is 1.99. The van der Waals surface area contributed by atoms with Gasteiger partial charge in [0.1, 0.15) is 17.3 Å². The number of fused-ring (bicyclic) bond motifs is 3. The molecular weight excluding hydrogens is 296 g/mol. The molecule has 2 heterocycles. The summed E-state index contributed by atoms with van der Waals surface area (Å²) in [6, 6.07) is 3.83. The molecule has 2 fully saturated rings. The van der Waals surface area contributed by atoms with Gasteiger partial charge in [0.2, 0.25) is 0 Å². The van der Waals surface area contributed by atoms with Crippen LogP contribution < -0.4 is 5.56 Å². The molecule has 3 atom stereocenters. The molecule has 2 aromatic rings. The average Bonchev–Trinajstić information content (AvgIpc) is 3.16. The van der Waals surface area contributed by atoms with Crippen molar-refractivity contribution in [1.82, 2.24) is 14.5 Å². The molecule has 2 aliphatic carbocycles. The van der Waals surface area contributed by atoms with E-state index in [9.17, 15) is 10.1 Å². The third-order valence-corrected chi connectivity index (χ3v) is 5.65. The minimum absolute atomic E-state index is 0.187. The molecule has 0 aromatic carbocycles. The van der Waals surface area contributed by atoms with Crippen LogP contribution in [0.5, 0.6) is 0 Å². The number of thioether (sulfide) groups is 1. The smallest absolute Gasteiger partial charge is 0.270 e. The zero-order valence-electron chi connectivity index (χ0n) is 12.3. The molecule has 0 spiro atoms. The van der Waals surface area contributed by atoms with E-state index in [-0.39, 0.29) is 17.2 Å². The van der Waals surface area contributed by atoms with Crippen molar-refractivity contribution >= 4 is 22.8 Å². The summed E-state index contributed by atoms with van der Waals surface area (Å²) in [5, 5.41) is 10.7. The molecule has 0 unspecified atom stereocenters. The van der Waals surface area contributed by atoms with Crippen LogP contribution in [0.1, 0.15) is 37.3 Å². The summed E-state index contributed by atoms with van der Waals surface area (Å²) in [4.78, 5) is 21.6. The van der Waals surface area contributed by atoms with Crippen LogP contribution in [-0.2, 0) is 0 Å². The molecule has 2 aliphatic rings. The normalized spacial score (nSPS) is 26.5. The lowest BCUT2D eigenvalue weighted by molar-refractivity contribution is 0.329. The summed E-state index contributed by atoms with van der Waals surface area (Å²) in [6.07, 6.45) is 8.34. The molecular formula is C16H16N4OS. The summed E-state index contributed by atoms with van der Waals surface area (Å²) in [5.41, 5.74) is 0.676. The Hall–Kier alpha value is -1.87. The summed E-state index contributed by atoms with van der Waals surface area (Å²) in [6.45, 7) is 0. The number of hydrogen-bond acceptors (Lipinski definition) is 5. The predicted octanol–water partition coefficient (Wildman–Crippen LogP) is 2.75. The summed E-state index contributed by atoms with van der Waals surface area (Å²) < 4.78 is 1.79. The average molecular weight is 312 g/mol. The number of nitriles is 1. The lowest BCUT2D eigenvalue weighted by Crippen LogP contribution is -2.30. The number of nitrogens with zero attached hydrogens (tertiary/aromatic N) is 4. The van der Waals surface area contributed by atoms with Crippen molar-refractivity contribution in [1.29, 1.82) is 5.26 Å². The largest absolute Gasteiger partial charge is 0.288 e. The Kier molecular flexibility index (Phi) is 3.19. The van der Waals surface area contributed by atoms with Crippen LogP contribution in [0.15, 0.2) is 22.2 Å². The van der Waals surface area contributed by atoms with Crippen molar-refractivity contribution in [3.8, 4) is 6.07 Å². The van der Waals surface area contributed by atoms with Gasteiger partial charge in [0.05, 0.1) is 0 Å². The van der Waals surface area contributed by atoms with Crippen molar-refractivity contribution in [2.24, 2.45) is 11.8 Å². The first-order chi connectivity index (χ1) is 10.7. The van der Waals surface area contributed by atoms with Crippen LogP contribution in [-0.4, -0.2) is 20.8 Å². The molecule has 0 N–H and O–H groups in total. The number of aromatic nitrogens is 3. The van der Waals surface area contributed by atoms with Gasteiger partial charge < -0.3 is 0 Å². The second-order valence-electron chi connectivity index (χ2n) is 6.22. The van der Waals surface area contributed by atoms with Crippen LogP contribution in [0, 0.1) is 23.2 Å². The standard InChI is InChI=1S/C16H16N4OS/c1-22-16-18-8-12-6-11(7-17)15(21)20(14(12)19-16)13-5-9-2-3-10(13)4-9/h6,8-10,13H,2-5H2,1H3/t9-,10+,13+/m1/s1. The number of rotatable bonds is 2. The van der Waals surface area contributed by atoms with Gasteiger partial charge in [0.25, 0.3) is 5.56 Å². The maximum absolute atomic E-state index is 12.8. The van der Waals surface area contributed by atoms with Gasteiger partial charge in [-0.15, -0.1) is 0 Å². The van der Waals surface area contributed by atoms with Crippen molar-refractivity contribution in [3.63, 3.8) is 0 Å². The van der Waals surface area contributed by atoms with Crippen LogP contribution in [0.2, 0.25) is 0 Å². The number of hydrogen-bond donors (Lipinski definition) is 0. The minimum atomic E-state index is -0.196. The van der Waals surface area contributed by atoms with E-state index in [0.29, 0.717) is 16.7 Å². The van der Waals surface area contributed by atoms with Gasteiger partial charge in [-0.1, -0.05) is 18.2 Å². The van der Waals surface area contributed by atoms with E-state index in [1.54, 1.807) is 16.8 Å². The van der Waals surface area contributed by atoms with Crippen LogP contribution in [0.25, 0.3) is 11.0 Å². The van der Waals surface area contributed by atoms with E-state index < -0.39 is 0 Å². The van der Waals surface area contributed by atoms with Crippen molar-refractivity contribution in [2.75, 3.05) is 6.26 Å². The fraction of sp³-hybridized carbons (Fsp3) is 0.500. The molecule has 0 aliphatic heterocycles. The van der Waals surface area contributed by atoms with E-state index in [0.717, 1.165) is 17.7 Å². The topological polar surface area (TPSA) is 71.6 Å². The van der Waals surface area contributed by atoms with Gasteiger partial charge in [-0.3, -0.25) is 9.36 Å².